The first-order valence-electron chi connectivity index (χ1n) is 5.93. The molecule has 0 unspecified atom stereocenters. The number of hydrogen-bond acceptors (Lipinski definition) is 0. The van der Waals surface area contributed by atoms with E-state index in [1.54, 1.807) is 0 Å². The molecule has 0 saturated heterocycles. The van der Waals surface area contributed by atoms with Crippen LogP contribution < -0.4 is 0 Å². The zero-order valence-electron chi connectivity index (χ0n) is 10.6. The number of rotatable bonds is 2. The van der Waals surface area contributed by atoms with Gasteiger partial charge in [0.05, 0.1) is 0 Å². The Morgan fingerprint density at radius 2 is 2.11 bits per heavy atom. The SMILES string of the molecule is C=C/C=C(I)\C=C1/Cc2ccc(I)cc2C1(C)C. The number of allylic oxidation sites excluding steroid dienone is 5. The predicted octanol–water partition coefficient (Wildman–Crippen LogP) is 5.56. The summed E-state index contributed by atoms with van der Waals surface area (Å²) in [5.74, 6) is 0. The summed E-state index contributed by atoms with van der Waals surface area (Å²) in [6, 6.07) is 6.79. The third-order valence-corrected chi connectivity index (χ3v) is 4.86. The summed E-state index contributed by atoms with van der Waals surface area (Å²) in [4.78, 5) is 0. The van der Waals surface area contributed by atoms with E-state index < -0.39 is 0 Å². The Kier molecular flexibility index (Phi) is 4.36. The van der Waals surface area contributed by atoms with Crippen molar-refractivity contribution in [1.29, 1.82) is 0 Å². The van der Waals surface area contributed by atoms with Crippen LogP contribution in [0.1, 0.15) is 25.0 Å². The molecular weight excluding hydrogens is 446 g/mol. The lowest BCUT2D eigenvalue weighted by molar-refractivity contribution is 0.643. The van der Waals surface area contributed by atoms with E-state index in [4.69, 9.17) is 0 Å². The van der Waals surface area contributed by atoms with E-state index in [2.05, 4.69) is 96.0 Å². The smallest absolute Gasteiger partial charge is 0.0133 e. The van der Waals surface area contributed by atoms with Crippen LogP contribution in [0.25, 0.3) is 0 Å². The van der Waals surface area contributed by atoms with Gasteiger partial charge >= 0.3 is 0 Å². The van der Waals surface area contributed by atoms with Gasteiger partial charge in [0.1, 0.15) is 0 Å². The van der Waals surface area contributed by atoms with Crippen LogP contribution in [0, 0.1) is 3.57 Å². The molecule has 2 heteroatoms. The van der Waals surface area contributed by atoms with Crippen LogP contribution in [0.2, 0.25) is 0 Å². The molecule has 2 rings (SSSR count). The summed E-state index contributed by atoms with van der Waals surface area (Å²) in [6.07, 6.45) is 7.26. The molecule has 1 aromatic rings. The van der Waals surface area contributed by atoms with E-state index >= 15 is 0 Å². The van der Waals surface area contributed by atoms with Gasteiger partial charge in [-0.25, -0.2) is 0 Å². The predicted molar refractivity (Wildman–Crippen MR) is 96.3 cm³/mol. The highest BCUT2D eigenvalue weighted by molar-refractivity contribution is 14.1. The fourth-order valence-electron chi connectivity index (χ4n) is 2.44. The van der Waals surface area contributed by atoms with Gasteiger partial charge in [-0.1, -0.05) is 38.1 Å². The third kappa shape index (κ3) is 2.74. The van der Waals surface area contributed by atoms with Crippen molar-refractivity contribution in [2.24, 2.45) is 0 Å². The summed E-state index contributed by atoms with van der Waals surface area (Å²) in [5.41, 5.74) is 4.57. The van der Waals surface area contributed by atoms with Gasteiger partial charge in [-0.15, -0.1) is 0 Å². The monoisotopic (exact) mass is 462 g/mol. The Bertz CT molecular complexity index is 548. The van der Waals surface area contributed by atoms with Crippen molar-refractivity contribution >= 4 is 45.2 Å². The van der Waals surface area contributed by atoms with Gasteiger partial charge in [-0.05, 0) is 87.0 Å². The lowest BCUT2D eigenvalue weighted by Crippen LogP contribution is -2.15. The molecule has 0 N–H and O–H groups in total. The van der Waals surface area contributed by atoms with Gasteiger partial charge in [0.2, 0.25) is 0 Å². The molecule has 1 aliphatic carbocycles. The lowest BCUT2D eigenvalue weighted by Gasteiger charge is -2.22. The molecule has 0 heterocycles. The highest BCUT2D eigenvalue weighted by Crippen LogP contribution is 2.43. The van der Waals surface area contributed by atoms with Crippen molar-refractivity contribution in [3.8, 4) is 0 Å². The Morgan fingerprint density at radius 1 is 1.39 bits per heavy atom. The van der Waals surface area contributed by atoms with Crippen molar-refractivity contribution in [2.75, 3.05) is 0 Å². The van der Waals surface area contributed by atoms with Crippen LogP contribution in [0.15, 0.2) is 52.2 Å². The second-order valence-electron chi connectivity index (χ2n) is 5.06. The molecule has 0 atom stereocenters. The molecule has 0 aromatic heterocycles. The van der Waals surface area contributed by atoms with Crippen LogP contribution in [0.3, 0.4) is 0 Å². The first-order chi connectivity index (χ1) is 8.45. The molecule has 0 saturated carbocycles. The minimum atomic E-state index is 0.141. The molecule has 0 radical (unpaired) electrons. The van der Waals surface area contributed by atoms with Crippen LogP contribution in [-0.2, 0) is 11.8 Å². The summed E-state index contributed by atoms with van der Waals surface area (Å²) >= 11 is 4.76. The molecule has 0 spiro atoms. The number of fused-ring (bicyclic) bond motifs is 1. The molecule has 0 amide bonds. The largest absolute Gasteiger partial charge is 0.0990 e. The van der Waals surface area contributed by atoms with Gasteiger partial charge in [-0.3, -0.25) is 0 Å². The fourth-order valence-corrected chi connectivity index (χ4v) is 3.56. The van der Waals surface area contributed by atoms with E-state index in [-0.39, 0.29) is 5.41 Å². The molecule has 18 heavy (non-hydrogen) atoms. The van der Waals surface area contributed by atoms with Crippen molar-refractivity contribution in [1.82, 2.24) is 0 Å². The van der Waals surface area contributed by atoms with Crippen molar-refractivity contribution in [2.45, 2.75) is 25.7 Å². The molecule has 0 nitrogen and oxygen atoms in total. The topological polar surface area (TPSA) is 0 Å². The minimum Gasteiger partial charge on any atom is -0.0990 e. The normalized spacial score (nSPS) is 20.0. The first kappa shape index (κ1) is 14.3. The molecule has 1 aromatic carbocycles. The number of benzene rings is 1. The van der Waals surface area contributed by atoms with E-state index in [0.29, 0.717) is 0 Å². The van der Waals surface area contributed by atoms with Crippen molar-refractivity contribution < 1.29 is 0 Å². The fraction of sp³-hybridized carbons (Fsp3) is 0.250. The average molecular weight is 462 g/mol. The van der Waals surface area contributed by atoms with E-state index in [1.165, 1.54) is 23.9 Å². The number of hydrogen-bond donors (Lipinski definition) is 0. The van der Waals surface area contributed by atoms with Crippen LogP contribution in [0.4, 0.5) is 0 Å². The molecule has 0 fully saturated rings. The Balaban J connectivity index is 2.47. The Labute approximate surface area is 137 Å². The maximum Gasteiger partial charge on any atom is 0.0133 e. The lowest BCUT2D eigenvalue weighted by atomic mass is 9.82. The van der Waals surface area contributed by atoms with Crippen molar-refractivity contribution in [3.63, 3.8) is 0 Å². The van der Waals surface area contributed by atoms with E-state index in [0.717, 1.165) is 6.42 Å². The van der Waals surface area contributed by atoms with Crippen LogP contribution in [0.5, 0.6) is 0 Å². The van der Waals surface area contributed by atoms with Gasteiger partial charge in [0.25, 0.3) is 0 Å². The standard InChI is InChI=1S/C16H16I2/c1-4-5-13(17)9-12-8-11-6-7-14(18)10-15(11)16(12,2)3/h4-7,9-10H,1,8H2,2-3H3/b12-9+,13-5+. The quantitative estimate of drug-likeness (QED) is 0.399. The summed E-state index contributed by atoms with van der Waals surface area (Å²) in [6.45, 7) is 8.39. The highest BCUT2D eigenvalue weighted by Gasteiger charge is 2.34. The summed E-state index contributed by atoms with van der Waals surface area (Å²) in [7, 11) is 0. The maximum absolute atomic E-state index is 3.75. The Hall–Kier alpha value is -0.100. The first-order valence-corrected chi connectivity index (χ1v) is 8.09. The van der Waals surface area contributed by atoms with Crippen molar-refractivity contribution in [3.05, 3.63) is 66.9 Å². The average Bonchev–Trinajstić information content (AvgIpc) is 2.52. The molecule has 1 aliphatic rings. The molecular formula is C16H16I2. The van der Waals surface area contributed by atoms with Crippen LogP contribution >= 0.6 is 45.2 Å². The summed E-state index contributed by atoms with van der Waals surface area (Å²) in [5, 5.41) is 0. The minimum absolute atomic E-state index is 0.141. The zero-order chi connectivity index (χ0) is 13.3. The van der Waals surface area contributed by atoms with Gasteiger partial charge < -0.3 is 0 Å². The zero-order valence-corrected chi connectivity index (χ0v) is 14.9. The molecule has 0 bridgehead atoms. The molecule has 0 aliphatic heterocycles. The summed E-state index contributed by atoms with van der Waals surface area (Å²) < 4.78 is 2.56. The second kappa shape index (κ2) is 5.49. The number of halogens is 2. The van der Waals surface area contributed by atoms with Gasteiger partial charge in [0.15, 0.2) is 0 Å². The molecule has 94 valence electrons. The third-order valence-electron chi connectivity index (χ3n) is 3.52. The Morgan fingerprint density at radius 3 is 2.78 bits per heavy atom. The second-order valence-corrected chi connectivity index (χ2v) is 7.55. The van der Waals surface area contributed by atoms with Crippen LogP contribution in [-0.4, -0.2) is 0 Å². The van der Waals surface area contributed by atoms with Gasteiger partial charge in [-0.2, -0.15) is 0 Å². The van der Waals surface area contributed by atoms with Gasteiger partial charge in [0, 0.05) is 12.6 Å². The maximum atomic E-state index is 3.75. The highest BCUT2D eigenvalue weighted by atomic mass is 127. The van der Waals surface area contributed by atoms with E-state index in [9.17, 15) is 0 Å². The van der Waals surface area contributed by atoms with E-state index in [1.807, 2.05) is 6.08 Å².